The number of halogens is 3. The van der Waals surface area contributed by atoms with Crippen LogP contribution in [0.4, 0.5) is 13.2 Å². The van der Waals surface area contributed by atoms with Crippen LogP contribution in [-0.4, -0.2) is 24.5 Å². The number of rotatable bonds is 6. The van der Waals surface area contributed by atoms with Crippen LogP contribution in [0.2, 0.25) is 0 Å². The van der Waals surface area contributed by atoms with Crippen LogP contribution < -0.4 is 5.32 Å². The summed E-state index contributed by atoms with van der Waals surface area (Å²) < 4.78 is 42.5. The molecular formula is C17H20F3NO3. The number of amides is 1. The molecule has 0 radical (unpaired) electrons. The molecule has 1 amide bonds. The average Bonchev–Trinajstić information content (AvgIpc) is 2.50. The monoisotopic (exact) mass is 343 g/mol. The number of esters is 1. The van der Waals surface area contributed by atoms with Gasteiger partial charge in [-0.3, -0.25) is 4.79 Å². The van der Waals surface area contributed by atoms with E-state index in [9.17, 15) is 22.8 Å². The molecule has 1 N–H and O–H groups in total. The molecule has 1 aromatic rings. The van der Waals surface area contributed by atoms with Crippen LogP contribution in [0.15, 0.2) is 30.3 Å². The minimum atomic E-state index is -4.45. The van der Waals surface area contributed by atoms with Crippen molar-refractivity contribution in [2.75, 3.05) is 6.61 Å². The van der Waals surface area contributed by atoms with E-state index in [0.29, 0.717) is 0 Å². The Hall–Kier alpha value is -2.31. The average molecular weight is 343 g/mol. The summed E-state index contributed by atoms with van der Waals surface area (Å²) in [5.74, 6) is -0.998. The van der Waals surface area contributed by atoms with E-state index in [-0.39, 0.29) is 17.5 Å². The first-order valence-corrected chi connectivity index (χ1v) is 7.41. The molecule has 0 heterocycles. The zero-order valence-electron chi connectivity index (χ0n) is 13.7. The molecule has 0 unspecified atom stereocenters. The molecule has 0 spiro atoms. The van der Waals surface area contributed by atoms with Gasteiger partial charge in [0.05, 0.1) is 5.56 Å². The molecule has 132 valence electrons. The Morgan fingerprint density at radius 2 is 1.92 bits per heavy atom. The second kappa shape index (κ2) is 8.52. The van der Waals surface area contributed by atoms with E-state index < -0.39 is 30.2 Å². The molecule has 0 bridgehead atoms. The number of carbonyl (C=O) groups is 2. The summed E-state index contributed by atoms with van der Waals surface area (Å²) in [6.45, 7) is 5.27. The van der Waals surface area contributed by atoms with E-state index in [2.05, 4.69) is 5.32 Å². The Morgan fingerprint density at radius 1 is 1.25 bits per heavy atom. The Bertz CT molecular complexity index is 609. The maximum atomic E-state index is 12.6. The third-order valence-electron chi connectivity index (χ3n) is 3.36. The Kier molecular flexibility index (Phi) is 7.00. The number of alkyl halides is 3. The predicted octanol–water partition coefficient (Wildman–Crippen LogP) is 3.42. The quantitative estimate of drug-likeness (QED) is 0.636. The summed E-state index contributed by atoms with van der Waals surface area (Å²) in [5.41, 5.74) is -0.597. The molecule has 0 saturated carbocycles. The summed E-state index contributed by atoms with van der Waals surface area (Å²) in [7, 11) is 0. The second-order valence-electron chi connectivity index (χ2n) is 5.66. The second-order valence-corrected chi connectivity index (χ2v) is 5.66. The van der Waals surface area contributed by atoms with Gasteiger partial charge in [0, 0.05) is 12.1 Å². The number of hydrogen-bond acceptors (Lipinski definition) is 3. The molecule has 1 aromatic carbocycles. The molecule has 1 atom stereocenters. The van der Waals surface area contributed by atoms with Crippen LogP contribution in [0.3, 0.4) is 0 Å². The summed E-state index contributed by atoms with van der Waals surface area (Å²) >= 11 is 0. The van der Waals surface area contributed by atoms with E-state index >= 15 is 0 Å². The van der Waals surface area contributed by atoms with Gasteiger partial charge in [0.15, 0.2) is 6.61 Å². The first-order chi connectivity index (χ1) is 11.1. The van der Waals surface area contributed by atoms with Gasteiger partial charge in [0.25, 0.3) is 5.91 Å². The Morgan fingerprint density at radius 3 is 2.50 bits per heavy atom. The first-order valence-electron chi connectivity index (χ1n) is 7.41. The minimum Gasteiger partial charge on any atom is -0.452 e. The van der Waals surface area contributed by atoms with Crippen molar-refractivity contribution >= 4 is 18.0 Å². The van der Waals surface area contributed by atoms with Crippen molar-refractivity contribution in [2.45, 2.75) is 33.0 Å². The molecule has 7 heteroatoms. The van der Waals surface area contributed by atoms with Crippen molar-refractivity contribution < 1.29 is 27.5 Å². The highest BCUT2D eigenvalue weighted by molar-refractivity contribution is 5.89. The minimum absolute atomic E-state index is 0.0585. The van der Waals surface area contributed by atoms with Crippen LogP contribution in [0.1, 0.15) is 31.9 Å². The van der Waals surface area contributed by atoms with E-state index in [4.69, 9.17) is 4.74 Å². The summed E-state index contributed by atoms with van der Waals surface area (Å²) in [6.07, 6.45) is -2.27. The number of ether oxygens (including phenoxy) is 1. The predicted molar refractivity (Wildman–Crippen MR) is 83.9 cm³/mol. The smallest absolute Gasteiger partial charge is 0.416 e. The van der Waals surface area contributed by atoms with Crippen LogP contribution in [0, 0.1) is 5.92 Å². The fourth-order valence-corrected chi connectivity index (χ4v) is 1.63. The largest absolute Gasteiger partial charge is 0.452 e. The molecule has 0 aromatic heterocycles. The molecule has 4 nitrogen and oxygen atoms in total. The number of nitrogens with one attached hydrogen (secondary N) is 1. The van der Waals surface area contributed by atoms with Crippen molar-refractivity contribution in [1.29, 1.82) is 0 Å². The van der Waals surface area contributed by atoms with Gasteiger partial charge >= 0.3 is 12.1 Å². The standard InChI is InChI=1S/C17H20F3NO3/c1-11(2)12(3)21-15(22)10-24-16(23)8-7-13-5-4-6-14(9-13)17(18,19)20/h4-9,11-12H,10H2,1-3H3,(H,21,22)/b8-7+/t12-/m1/s1. The fourth-order valence-electron chi connectivity index (χ4n) is 1.63. The van der Waals surface area contributed by atoms with Gasteiger partial charge in [-0.2, -0.15) is 13.2 Å². The van der Waals surface area contributed by atoms with Gasteiger partial charge in [0.2, 0.25) is 0 Å². The van der Waals surface area contributed by atoms with Crippen LogP contribution in [0.25, 0.3) is 6.08 Å². The maximum Gasteiger partial charge on any atom is 0.416 e. The number of benzene rings is 1. The first kappa shape index (κ1) is 19.7. The molecule has 0 aliphatic carbocycles. The van der Waals surface area contributed by atoms with Gasteiger partial charge in [-0.25, -0.2) is 4.79 Å². The van der Waals surface area contributed by atoms with Gasteiger partial charge < -0.3 is 10.1 Å². The zero-order valence-corrected chi connectivity index (χ0v) is 13.7. The Balaban J connectivity index is 2.53. The molecule has 1 rings (SSSR count). The van der Waals surface area contributed by atoms with Crippen molar-refractivity contribution in [2.24, 2.45) is 5.92 Å². The highest BCUT2D eigenvalue weighted by atomic mass is 19.4. The fraction of sp³-hybridized carbons (Fsp3) is 0.412. The number of hydrogen-bond donors (Lipinski definition) is 1. The van der Waals surface area contributed by atoms with E-state index in [1.807, 2.05) is 20.8 Å². The molecule has 0 saturated heterocycles. The van der Waals surface area contributed by atoms with Crippen LogP contribution >= 0.6 is 0 Å². The SMILES string of the molecule is CC(C)[C@@H](C)NC(=O)COC(=O)/C=C/c1cccc(C(F)(F)F)c1. The van der Waals surface area contributed by atoms with Gasteiger partial charge in [-0.05, 0) is 36.6 Å². The van der Waals surface area contributed by atoms with Gasteiger partial charge in [-0.1, -0.05) is 26.0 Å². The molecule has 0 aliphatic heterocycles. The van der Waals surface area contributed by atoms with Crippen molar-refractivity contribution in [3.63, 3.8) is 0 Å². The van der Waals surface area contributed by atoms with Gasteiger partial charge in [-0.15, -0.1) is 0 Å². The lowest BCUT2D eigenvalue weighted by atomic mass is 10.1. The van der Waals surface area contributed by atoms with Crippen LogP contribution in [-0.2, 0) is 20.5 Å². The lowest BCUT2D eigenvalue weighted by Crippen LogP contribution is -2.38. The van der Waals surface area contributed by atoms with Gasteiger partial charge in [0.1, 0.15) is 0 Å². The lowest BCUT2D eigenvalue weighted by molar-refractivity contribution is -0.144. The third kappa shape index (κ3) is 6.85. The Labute approximate surface area is 138 Å². The highest BCUT2D eigenvalue weighted by Gasteiger charge is 2.30. The van der Waals surface area contributed by atoms with E-state index in [1.165, 1.54) is 18.2 Å². The summed E-state index contributed by atoms with van der Waals surface area (Å²) in [4.78, 5) is 23.1. The zero-order chi connectivity index (χ0) is 18.3. The van der Waals surface area contributed by atoms with Crippen molar-refractivity contribution in [3.8, 4) is 0 Å². The van der Waals surface area contributed by atoms with Crippen molar-refractivity contribution in [3.05, 3.63) is 41.5 Å². The molecule has 0 fully saturated rings. The summed E-state index contributed by atoms with van der Waals surface area (Å²) in [6, 6.07) is 4.47. The molecule has 24 heavy (non-hydrogen) atoms. The van der Waals surface area contributed by atoms with Crippen molar-refractivity contribution in [1.82, 2.24) is 5.32 Å². The third-order valence-corrected chi connectivity index (χ3v) is 3.36. The van der Waals surface area contributed by atoms with E-state index in [1.54, 1.807) is 0 Å². The molecular weight excluding hydrogens is 323 g/mol. The lowest BCUT2D eigenvalue weighted by Gasteiger charge is -2.16. The molecule has 0 aliphatic rings. The van der Waals surface area contributed by atoms with Crippen LogP contribution in [0.5, 0.6) is 0 Å². The highest BCUT2D eigenvalue weighted by Crippen LogP contribution is 2.29. The topological polar surface area (TPSA) is 55.4 Å². The normalized spacial score (nSPS) is 13.1. The summed E-state index contributed by atoms with van der Waals surface area (Å²) in [5, 5.41) is 2.67. The number of carbonyl (C=O) groups excluding carboxylic acids is 2. The van der Waals surface area contributed by atoms with E-state index in [0.717, 1.165) is 18.2 Å². The maximum absolute atomic E-state index is 12.6.